The number of aliphatic carboxylic acids is 1. The third-order valence-electron chi connectivity index (χ3n) is 3.28. The SMILES string of the molecule is CCCN(C(=O)N(C)CC)C1COCC1C(=O)O. The molecule has 1 aliphatic heterocycles. The zero-order valence-electron chi connectivity index (χ0n) is 11.3. The highest BCUT2D eigenvalue weighted by Gasteiger charge is 2.40. The van der Waals surface area contributed by atoms with Crippen molar-refractivity contribution in [2.75, 3.05) is 33.4 Å². The summed E-state index contributed by atoms with van der Waals surface area (Å²) in [7, 11) is 1.72. The lowest BCUT2D eigenvalue weighted by molar-refractivity contribution is -0.142. The molecule has 1 fully saturated rings. The molecule has 6 heteroatoms. The third kappa shape index (κ3) is 3.13. The quantitative estimate of drug-likeness (QED) is 0.794. The lowest BCUT2D eigenvalue weighted by atomic mass is 10.0. The maximum absolute atomic E-state index is 12.2. The molecular weight excluding hydrogens is 236 g/mol. The van der Waals surface area contributed by atoms with E-state index >= 15 is 0 Å². The Labute approximate surface area is 107 Å². The Hall–Kier alpha value is -1.30. The summed E-state index contributed by atoms with van der Waals surface area (Å²) in [5.41, 5.74) is 0. The van der Waals surface area contributed by atoms with Crippen LogP contribution in [0.1, 0.15) is 20.3 Å². The summed E-state index contributed by atoms with van der Waals surface area (Å²) in [5.74, 6) is -1.52. The van der Waals surface area contributed by atoms with Crippen LogP contribution in [0.15, 0.2) is 0 Å². The number of nitrogens with zero attached hydrogens (tertiary/aromatic N) is 2. The van der Waals surface area contributed by atoms with Crippen molar-refractivity contribution in [1.82, 2.24) is 9.80 Å². The van der Waals surface area contributed by atoms with Crippen molar-refractivity contribution in [3.05, 3.63) is 0 Å². The lowest BCUT2D eigenvalue weighted by Crippen LogP contribution is -2.51. The highest BCUT2D eigenvalue weighted by atomic mass is 16.5. The Morgan fingerprint density at radius 3 is 2.50 bits per heavy atom. The highest BCUT2D eigenvalue weighted by Crippen LogP contribution is 2.21. The fourth-order valence-corrected chi connectivity index (χ4v) is 2.08. The summed E-state index contributed by atoms with van der Waals surface area (Å²) in [6.07, 6.45) is 0.798. The van der Waals surface area contributed by atoms with E-state index in [2.05, 4.69) is 0 Å². The Morgan fingerprint density at radius 2 is 2.00 bits per heavy atom. The van der Waals surface area contributed by atoms with Crippen LogP contribution in [0.5, 0.6) is 0 Å². The second-order valence-corrected chi connectivity index (χ2v) is 4.54. The van der Waals surface area contributed by atoms with Crippen molar-refractivity contribution in [2.24, 2.45) is 5.92 Å². The van der Waals surface area contributed by atoms with Gasteiger partial charge in [0.25, 0.3) is 0 Å². The van der Waals surface area contributed by atoms with Gasteiger partial charge in [-0.3, -0.25) is 4.79 Å². The molecule has 1 saturated heterocycles. The molecule has 2 atom stereocenters. The van der Waals surface area contributed by atoms with E-state index in [1.165, 1.54) is 0 Å². The average molecular weight is 258 g/mol. The van der Waals surface area contributed by atoms with E-state index in [4.69, 9.17) is 9.84 Å². The number of carbonyl (C=O) groups is 2. The number of carboxylic acid groups (broad SMARTS) is 1. The van der Waals surface area contributed by atoms with E-state index in [9.17, 15) is 9.59 Å². The normalized spacial score (nSPS) is 22.8. The molecule has 0 aliphatic carbocycles. The van der Waals surface area contributed by atoms with Crippen LogP contribution in [-0.2, 0) is 9.53 Å². The van der Waals surface area contributed by atoms with E-state index in [-0.39, 0.29) is 18.7 Å². The first-order valence-electron chi connectivity index (χ1n) is 6.35. The molecule has 104 valence electrons. The third-order valence-corrected chi connectivity index (χ3v) is 3.28. The van der Waals surface area contributed by atoms with E-state index in [1.807, 2.05) is 13.8 Å². The number of rotatable bonds is 5. The minimum absolute atomic E-state index is 0.124. The van der Waals surface area contributed by atoms with Gasteiger partial charge in [-0.25, -0.2) is 4.79 Å². The van der Waals surface area contributed by atoms with Crippen molar-refractivity contribution in [3.63, 3.8) is 0 Å². The van der Waals surface area contributed by atoms with Crippen molar-refractivity contribution in [1.29, 1.82) is 0 Å². The molecule has 0 aromatic carbocycles. The van der Waals surface area contributed by atoms with Crippen LogP contribution in [0.25, 0.3) is 0 Å². The summed E-state index contributed by atoms with van der Waals surface area (Å²) in [6, 6.07) is -0.481. The smallest absolute Gasteiger partial charge is 0.320 e. The summed E-state index contributed by atoms with van der Waals surface area (Å²) >= 11 is 0. The molecule has 2 unspecified atom stereocenters. The van der Waals surface area contributed by atoms with Gasteiger partial charge in [-0.2, -0.15) is 0 Å². The summed E-state index contributed by atoms with van der Waals surface area (Å²) in [6.45, 7) is 5.51. The van der Waals surface area contributed by atoms with Crippen molar-refractivity contribution in [2.45, 2.75) is 26.3 Å². The summed E-state index contributed by atoms with van der Waals surface area (Å²) in [5, 5.41) is 9.15. The molecule has 6 nitrogen and oxygen atoms in total. The molecule has 0 spiro atoms. The zero-order chi connectivity index (χ0) is 13.7. The molecule has 1 heterocycles. The van der Waals surface area contributed by atoms with Crippen LogP contribution in [0, 0.1) is 5.92 Å². The van der Waals surface area contributed by atoms with Gasteiger partial charge in [0.1, 0.15) is 5.92 Å². The van der Waals surface area contributed by atoms with Crippen LogP contribution < -0.4 is 0 Å². The van der Waals surface area contributed by atoms with Crippen molar-refractivity contribution in [3.8, 4) is 0 Å². The first-order valence-corrected chi connectivity index (χ1v) is 6.35. The van der Waals surface area contributed by atoms with Gasteiger partial charge in [-0.05, 0) is 13.3 Å². The highest BCUT2D eigenvalue weighted by molar-refractivity contribution is 5.77. The summed E-state index contributed by atoms with van der Waals surface area (Å²) in [4.78, 5) is 26.6. The predicted octanol–water partition coefficient (Wildman–Crippen LogP) is 0.870. The van der Waals surface area contributed by atoms with Crippen LogP contribution in [0.2, 0.25) is 0 Å². The number of urea groups is 1. The van der Waals surface area contributed by atoms with Crippen LogP contribution in [-0.4, -0.2) is 66.3 Å². The van der Waals surface area contributed by atoms with E-state index < -0.39 is 11.9 Å². The molecule has 0 aromatic heterocycles. The minimum Gasteiger partial charge on any atom is -0.481 e. The van der Waals surface area contributed by atoms with Gasteiger partial charge in [-0.15, -0.1) is 0 Å². The van der Waals surface area contributed by atoms with Crippen LogP contribution >= 0.6 is 0 Å². The Kier molecular flexibility index (Phi) is 5.40. The number of ether oxygens (including phenoxy) is 1. The maximum Gasteiger partial charge on any atom is 0.320 e. The molecule has 0 saturated carbocycles. The van der Waals surface area contributed by atoms with Crippen molar-refractivity contribution >= 4 is 12.0 Å². The minimum atomic E-state index is -0.898. The first-order chi connectivity index (χ1) is 8.52. The van der Waals surface area contributed by atoms with Crippen LogP contribution in [0.4, 0.5) is 4.79 Å². The number of carboxylic acids is 1. The molecule has 0 radical (unpaired) electrons. The Balaban J connectivity index is 2.83. The molecule has 0 aromatic rings. The molecular formula is C12H22N2O4. The van der Waals surface area contributed by atoms with Crippen LogP contribution in [0.3, 0.4) is 0 Å². The van der Waals surface area contributed by atoms with Gasteiger partial charge < -0.3 is 19.6 Å². The molecule has 2 amide bonds. The Morgan fingerprint density at radius 1 is 1.33 bits per heavy atom. The molecule has 1 rings (SSSR count). The van der Waals surface area contributed by atoms with Gasteiger partial charge >= 0.3 is 12.0 Å². The Bertz CT molecular complexity index is 308. The zero-order valence-corrected chi connectivity index (χ0v) is 11.3. The first kappa shape index (κ1) is 14.8. The fraction of sp³-hybridized carbons (Fsp3) is 0.833. The fourth-order valence-electron chi connectivity index (χ4n) is 2.08. The molecule has 1 N–H and O–H groups in total. The average Bonchev–Trinajstić information content (AvgIpc) is 2.83. The van der Waals surface area contributed by atoms with Gasteiger partial charge in [0, 0.05) is 20.1 Å². The topological polar surface area (TPSA) is 70.1 Å². The number of hydrogen-bond acceptors (Lipinski definition) is 3. The van der Waals surface area contributed by atoms with E-state index in [1.54, 1.807) is 16.8 Å². The molecule has 18 heavy (non-hydrogen) atoms. The number of hydrogen-bond donors (Lipinski definition) is 1. The largest absolute Gasteiger partial charge is 0.481 e. The van der Waals surface area contributed by atoms with Gasteiger partial charge in [0.05, 0.1) is 19.3 Å². The number of amides is 2. The van der Waals surface area contributed by atoms with E-state index in [0.717, 1.165) is 6.42 Å². The number of carbonyl (C=O) groups excluding carboxylic acids is 1. The van der Waals surface area contributed by atoms with Gasteiger partial charge in [0.2, 0.25) is 0 Å². The van der Waals surface area contributed by atoms with E-state index in [0.29, 0.717) is 19.7 Å². The monoisotopic (exact) mass is 258 g/mol. The predicted molar refractivity (Wildman–Crippen MR) is 66.4 cm³/mol. The maximum atomic E-state index is 12.2. The van der Waals surface area contributed by atoms with Gasteiger partial charge in [0.15, 0.2) is 0 Å². The lowest BCUT2D eigenvalue weighted by Gasteiger charge is -2.33. The molecule has 1 aliphatic rings. The second kappa shape index (κ2) is 6.58. The second-order valence-electron chi connectivity index (χ2n) is 4.54. The van der Waals surface area contributed by atoms with Gasteiger partial charge in [-0.1, -0.05) is 6.92 Å². The summed E-state index contributed by atoms with van der Waals surface area (Å²) < 4.78 is 5.23. The standard InChI is InChI=1S/C12H22N2O4/c1-4-6-14(12(17)13(3)5-2)10-8-18-7-9(10)11(15)16/h9-10H,4-8H2,1-3H3,(H,15,16). The van der Waals surface area contributed by atoms with Crippen molar-refractivity contribution < 1.29 is 19.4 Å². The molecule has 0 bridgehead atoms.